The van der Waals surface area contributed by atoms with Gasteiger partial charge in [0.25, 0.3) is 0 Å². The van der Waals surface area contributed by atoms with Crippen molar-refractivity contribution >= 4 is 23.0 Å². The van der Waals surface area contributed by atoms with E-state index >= 15 is 0 Å². The lowest BCUT2D eigenvalue weighted by Crippen LogP contribution is -2.45. The highest BCUT2D eigenvalue weighted by Gasteiger charge is 2.43. The van der Waals surface area contributed by atoms with Gasteiger partial charge >= 0.3 is 11.4 Å². The van der Waals surface area contributed by atoms with Crippen molar-refractivity contribution < 1.29 is 19.4 Å². The fourth-order valence-electron chi connectivity index (χ4n) is 2.10. The smallest absolute Gasteiger partial charge is 0.404 e. The molecule has 1 aromatic rings. The minimum absolute atomic E-state index is 0.0517. The van der Waals surface area contributed by atoms with E-state index in [9.17, 15) is 14.7 Å². The van der Waals surface area contributed by atoms with Crippen molar-refractivity contribution in [1.29, 1.82) is 0 Å². The van der Waals surface area contributed by atoms with Crippen LogP contribution in [-0.2, 0) is 16.0 Å². The van der Waals surface area contributed by atoms with E-state index in [0.29, 0.717) is 0 Å². The number of carboxylic acid groups (broad SMARTS) is 1. The predicted molar refractivity (Wildman–Crippen MR) is 72.3 cm³/mol. The monoisotopic (exact) mass is 284 g/mol. The summed E-state index contributed by atoms with van der Waals surface area (Å²) in [4.78, 5) is 22.6. The SMILES string of the molecule is CC(C)CC(Cc1ccccc1)(OC(=O)Cl)C(=O)O. The Hall–Kier alpha value is -1.55. The lowest BCUT2D eigenvalue weighted by atomic mass is 9.86. The third kappa shape index (κ3) is 4.56. The highest BCUT2D eigenvalue weighted by molar-refractivity contribution is 6.61. The lowest BCUT2D eigenvalue weighted by molar-refractivity contribution is -0.159. The zero-order valence-electron chi connectivity index (χ0n) is 10.9. The highest BCUT2D eigenvalue weighted by Crippen LogP contribution is 2.27. The van der Waals surface area contributed by atoms with E-state index < -0.39 is 17.0 Å². The minimum Gasteiger partial charge on any atom is -0.478 e. The number of rotatable bonds is 6. The molecule has 0 bridgehead atoms. The number of carboxylic acids is 1. The predicted octanol–water partition coefficient (Wildman–Crippen LogP) is 3.47. The summed E-state index contributed by atoms with van der Waals surface area (Å²) in [6.07, 6.45) is 0.301. The van der Waals surface area contributed by atoms with Gasteiger partial charge in [0.2, 0.25) is 5.60 Å². The molecule has 0 spiro atoms. The molecule has 0 aromatic heterocycles. The number of aliphatic carboxylic acids is 1. The second-order valence-electron chi connectivity index (χ2n) is 4.90. The van der Waals surface area contributed by atoms with E-state index in [4.69, 9.17) is 16.3 Å². The molecule has 1 N–H and O–H groups in total. The number of carbonyl (C=O) groups is 2. The molecule has 0 amide bonds. The number of hydrogen-bond donors (Lipinski definition) is 1. The molecule has 1 atom stereocenters. The molecule has 0 fully saturated rings. The molecule has 19 heavy (non-hydrogen) atoms. The van der Waals surface area contributed by atoms with Gasteiger partial charge in [0.1, 0.15) is 0 Å². The molecule has 0 aliphatic rings. The summed E-state index contributed by atoms with van der Waals surface area (Å²) >= 11 is 5.23. The van der Waals surface area contributed by atoms with E-state index in [2.05, 4.69) is 0 Å². The van der Waals surface area contributed by atoms with Crippen molar-refractivity contribution in [2.45, 2.75) is 32.3 Å². The average Bonchev–Trinajstić information content (AvgIpc) is 2.27. The zero-order valence-corrected chi connectivity index (χ0v) is 11.7. The summed E-state index contributed by atoms with van der Waals surface area (Å²) in [5.41, 5.74) is -1.93. The Bertz CT molecular complexity index is 444. The first-order chi connectivity index (χ1) is 8.85. The first kappa shape index (κ1) is 15.5. The van der Waals surface area contributed by atoms with E-state index in [0.717, 1.165) is 5.56 Å². The quantitative estimate of drug-likeness (QED) is 0.812. The van der Waals surface area contributed by atoms with Crippen LogP contribution < -0.4 is 0 Å². The van der Waals surface area contributed by atoms with Crippen molar-refractivity contribution in [1.82, 2.24) is 0 Å². The van der Waals surface area contributed by atoms with Crippen molar-refractivity contribution in [2.24, 2.45) is 5.92 Å². The van der Waals surface area contributed by atoms with Gasteiger partial charge in [0, 0.05) is 24.4 Å². The number of ether oxygens (including phenoxy) is 1. The highest BCUT2D eigenvalue weighted by atomic mass is 35.5. The summed E-state index contributed by atoms with van der Waals surface area (Å²) in [6, 6.07) is 9.03. The van der Waals surface area contributed by atoms with Gasteiger partial charge in [-0.25, -0.2) is 9.59 Å². The zero-order chi connectivity index (χ0) is 14.5. The van der Waals surface area contributed by atoms with Gasteiger partial charge in [0.05, 0.1) is 0 Å². The molecule has 0 radical (unpaired) electrons. The molecule has 1 rings (SSSR count). The molecule has 0 aliphatic heterocycles. The normalized spacial score (nSPS) is 13.9. The maximum absolute atomic E-state index is 11.6. The van der Waals surface area contributed by atoms with Crippen LogP contribution in [0.4, 0.5) is 4.79 Å². The maximum Gasteiger partial charge on any atom is 0.404 e. The van der Waals surface area contributed by atoms with E-state index in [-0.39, 0.29) is 18.8 Å². The van der Waals surface area contributed by atoms with Gasteiger partial charge in [-0.2, -0.15) is 0 Å². The van der Waals surface area contributed by atoms with Gasteiger partial charge in [-0.05, 0) is 11.5 Å². The number of hydrogen-bond acceptors (Lipinski definition) is 3. The molecule has 0 saturated carbocycles. The first-order valence-electron chi connectivity index (χ1n) is 6.01. The molecule has 1 unspecified atom stereocenters. The average molecular weight is 285 g/mol. The summed E-state index contributed by atoms with van der Waals surface area (Å²) in [6.45, 7) is 3.73. The second-order valence-corrected chi connectivity index (χ2v) is 5.21. The number of benzene rings is 1. The molecule has 0 aliphatic carbocycles. The fourth-order valence-corrected chi connectivity index (χ4v) is 2.24. The summed E-state index contributed by atoms with van der Waals surface area (Å²) in [7, 11) is 0. The molecule has 5 heteroatoms. The second kappa shape index (κ2) is 6.57. The van der Waals surface area contributed by atoms with Crippen LogP contribution in [0.25, 0.3) is 0 Å². The van der Waals surface area contributed by atoms with Crippen LogP contribution in [-0.4, -0.2) is 22.1 Å². The van der Waals surface area contributed by atoms with Gasteiger partial charge in [-0.15, -0.1) is 0 Å². The molecular formula is C14H17ClO4. The van der Waals surface area contributed by atoms with Crippen LogP contribution in [0.15, 0.2) is 30.3 Å². The summed E-state index contributed by atoms with van der Waals surface area (Å²) in [5, 5.41) is 9.45. The Balaban J connectivity index is 3.07. The largest absolute Gasteiger partial charge is 0.478 e. The van der Waals surface area contributed by atoms with Gasteiger partial charge < -0.3 is 9.84 Å². The van der Waals surface area contributed by atoms with Gasteiger partial charge in [0.15, 0.2) is 0 Å². The molecule has 4 nitrogen and oxygen atoms in total. The number of carbonyl (C=O) groups excluding carboxylic acids is 1. The Morgan fingerprint density at radius 3 is 2.32 bits per heavy atom. The standard InChI is InChI=1S/C14H17ClO4/c1-10(2)8-14(12(16)17,19-13(15)18)9-11-6-4-3-5-7-11/h3-7,10H,8-9H2,1-2H3,(H,16,17). The first-order valence-corrected chi connectivity index (χ1v) is 6.39. The molecular weight excluding hydrogens is 268 g/mol. The van der Waals surface area contributed by atoms with Crippen molar-refractivity contribution in [3.05, 3.63) is 35.9 Å². The molecule has 0 saturated heterocycles. The topological polar surface area (TPSA) is 63.6 Å². The van der Waals surface area contributed by atoms with Crippen LogP contribution >= 0.6 is 11.6 Å². The Morgan fingerprint density at radius 1 is 1.32 bits per heavy atom. The van der Waals surface area contributed by atoms with Crippen LogP contribution in [0.5, 0.6) is 0 Å². The molecule has 0 heterocycles. The van der Waals surface area contributed by atoms with Crippen LogP contribution in [0.2, 0.25) is 0 Å². The van der Waals surface area contributed by atoms with Crippen LogP contribution in [0.1, 0.15) is 25.8 Å². The molecule has 104 valence electrons. The van der Waals surface area contributed by atoms with Crippen molar-refractivity contribution in [3.8, 4) is 0 Å². The van der Waals surface area contributed by atoms with Crippen LogP contribution in [0, 0.1) is 5.92 Å². The van der Waals surface area contributed by atoms with Crippen molar-refractivity contribution in [2.75, 3.05) is 0 Å². The Labute approximate surface area is 117 Å². The van der Waals surface area contributed by atoms with Crippen LogP contribution in [0.3, 0.4) is 0 Å². The molecule has 1 aromatic carbocycles. The van der Waals surface area contributed by atoms with E-state index in [1.165, 1.54) is 0 Å². The van der Waals surface area contributed by atoms with Crippen molar-refractivity contribution in [3.63, 3.8) is 0 Å². The maximum atomic E-state index is 11.6. The Kier molecular flexibility index (Phi) is 5.36. The van der Waals surface area contributed by atoms with E-state index in [1.807, 2.05) is 19.9 Å². The van der Waals surface area contributed by atoms with Gasteiger partial charge in [-0.3, -0.25) is 0 Å². The minimum atomic E-state index is -1.62. The lowest BCUT2D eigenvalue weighted by Gasteiger charge is -2.30. The summed E-state index contributed by atoms with van der Waals surface area (Å²) in [5.74, 6) is -1.13. The Morgan fingerprint density at radius 2 is 1.89 bits per heavy atom. The third-order valence-electron chi connectivity index (χ3n) is 2.74. The van der Waals surface area contributed by atoms with E-state index in [1.54, 1.807) is 24.3 Å². The third-order valence-corrected chi connectivity index (χ3v) is 2.81. The fraction of sp³-hybridized carbons (Fsp3) is 0.429. The van der Waals surface area contributed by atoms with Gasteiger partial charge in [-0.1, -0.05) is 44.2 Å². The number of halogens is 1. The summed E-state index contributed by atoms with van der Waals surface area (Å²) < 4.78 is 4.94.